The summed E-state index contributed by atoms with van der Waals surface area (Å²) in [4.78, 5) is 15.7. The lowest BCUT2D eigenvalue weighted by Crippen LogP contribution is -2.46. The summed E-state index contributed by atoms with van der Waals surface area (Å²) in [6, 6.07) is 8.97. The molecule has 2 aromatic heterocycles. The summed E-state index contributed by atoms with van der Waals surface area (Å²) in [5, 5.41) is 12.4. The number of rotatable bonds is 8. The molecule has 3 aliphatic heterocycles. The number of aliphatic hydroxyl groups is 1. The number of thioether (sulfide) groups is 1. The number of benzene rings is 1. The second-order valence-corrected chi connectivity index (χ2v) is 12.6. The quantitative estimate of drug-likeness (QED) is 0.341. The molecule has 6 rings (SSSR count). The largest absolute Gasteiger partial charge is 0.420 e. The molecule has 0 radical (unpaired) electrons. The first kappa shape index (κ1) is 27.8. The van der Waals surface area contributed by atoms with Crippen LogP contribution in [0.3, 0.4) is 0 Å². The number of hydrogen-bond donors (Lipinski definition) is 2. The molecule has 3 aromatic rings. The van der Waals surface area contributed by atoms with Crippen LogP contribution in [0.1, 0.15) is 35.8 Å². The molecule has 5 heterocycles. The van der Waals surface area contributed by atoms with Crippen LogP contribution in [0.2, 0.25) is 0 Å². The van der Waals surface area contributed by atoms with E-state index >= 15 is 0 Å². The lowest BCUT2D eigenvalue weighted by atomic mass is 10.1. The Hall–Kier alpha value is -2.38. The highest BCUT2D eigenvalue weighted by Crippen LogP contribution is 2.43. The molecule has 0 amide bonds. The van der Waals surface area contributed by atoms with E-state index in [9.17, 15) is 18.3 Å². The zero-order valence-corrected chi connectivity index (χ0v) is 23.8. The van der Waals surface area contributed by atoms with Crippen molar-refractivity contribution in [3.63, 3.8) is 0 Å². The van der Waals surface area contributed by atoms with E-state index in [1.54, 1.807) is 17.8 Å². The van der Waals surface area contributed by atoms with Crippen LogP contribution in [0.4, 0.5) is 30.5 Å². The number of aromatic nitrogens is 2. The molecule has 2 N–H and O–H groups in total. The van der Waals surface area contributed by atoms with E-state index in [1.807, 2.05) is 6.07 Å². The third-order valence-electron chi connectivity index (χ3n) is 7.82. The Kier molecular flexibility index (Phi) is 7.97. The number of likely N-dealkylation sites (tertiary alicyclic amines) is 1. The fourth-order valence-electron chi connectivity index (χ4n) is 5.87. The van der Waals surface area contributed by atoms with E-state index in [2.05, 4.69) is 44.1 Å². The van der Waals surface area contributed by atoms with E-state index in [0.717, 1.165) is 77.6 Å². The lowest BCUT2D eigenvalue weighted by molar-refractivity contribution is -0.137. The summed E-state index contributed by atoms with van der Waals surface area (Å²) in [5.74, 6) is 0.903. The summed E-state index contributed by atoms with van der Waals surface area (Å²) >= 11 is 2.89. The van der Waals surface area contributed by atoms with Crippen molar-refractivity contribution < 1.29 is 23.0 Å². The van der Waals surface area contributed by atoms with Crippen molar-refractivity contribution in [2.24, 2.45) is 0 Å². The van der Waals surface area contributed by atoms with Gasteiger partial charge < -0.3 is 20.1 Å². The van der Waals surface area contributed by atoms with Gasteiger partial charge in [0.15, 0.2) is 0 Å². The van der Waals surface area contributed by atoms with Gasteiger partial charge in [-0.05, 0) is 49.1 Å². The average Bonchev–Trinajstić information content (AvgIpc) is 3.62. The first-order valence-corrected chi connectivity index (χ1v) is 15.4. The van der Waals surface area contributed by atoms with Crippen molar-refractivity contribution >= 4 is 40.4 Å². The Morgan fingerprint density at radius 2 is 2.08 bits per heavy atom. The molecule has 1 aromatic carbocycles. The van der Waals surface area contributed by atoms with Crippen LogP contribution in [0.15, 0.2) is 35.4 Å². The molecule has 3 aliphatic rings. The van der Waals surface area contributed by atoms with Crippen LogP contribution in [-0.4, -0.2) is 70.7 Å². The van der Waals surface area contributed by atoms with Crippen molar-refractivity contribution in [3.8, 4) is 10.6 Å². The van der Waals surface area contributed by atoms with E-state index in [4.69, 9.17) is 4.74 Å². The minimum absolute atomic E-state index is 0.114. The number of alkyl halides is 3. The number of aryl methyl sites for hydroxylation is 1. The number of aliphatic hydroxyl groups excluding tert-OH is 1. The normalized spacial score (nSPS) is 21.1. The van der Waals surface area contributed by atoms with Crippen molar-refractivity contribution in [1.82, 2.24) is 14.9 Å². The van der Waals surface area contributed by atoms with Gasteiger partial charge in [-0.25, -0.2) is 9.97 Å². The third kappa shape index (κ3) is 5.56. The Morgan fingerprint density at radius 3 is 2.83 bits per heavy atom. The first-order chi connectivity index (χ1) is 19.3. The van der Waals surface area contributed by atoms with Gasteiger partial charge in [-0.1, -0.05) is 6.92 Å². The zero-order valence-electron chi connectivity index (χ0n) is 22.2. The van der Waals surface area contributed by atoms with Crippen molar-refractivity contribution in [1.29, 1.82) is 0 Å². The maximum atomic E-state index is 14.0. The Bertz CT molecular complexity index is 1340. The lowest BCUT2D eigenvalue weighted by Gasteiger charge is -2.36. The van der Waals surface area contributed by atoms with Gasteiger partial charge in [-0.2, -0.15) is 13.2 Å². The summed E-state index contributed by atoms with van der Waals surface area (Å²) in [7, 11) is 0. The minimum atomic E-state index is -4.57. The molecule has 7 nitrogen and oxygen atoms in total. The molecule has 214 valence electrons. The molecular weight excluding hydrogens is 559 g/mol. The number of ether oxygens (including phenoxy) is 1. The van der Waals surface area contributed by atoms with Gasteiger partial charge in [0.25, 0.3) is 0 Å². The van der Waals surface area contributed by atoms with Gasteiger partial charge in [0.05, 0.1) is 23.8 Å². The number of thiophene rings is 1. The van der Waals surface area contributed by atoms with Gasteiger partial charge in [0.2, 0.25) is 5.95 Å². The summed E-state index contributed by atoms with van der Waals surface area (Å²) < 4.78 is 47.5. The van der Waals surface area contributed by atoms with Crippen LogP contribution >= 0.6 is 23.1 Å². The maximum absolute atomic E-state index is 14.0. The molecule has 0 saturated carbocycles. The summed E-state index contributed by atoms with van der Waals surface area (Å²) in [5.41, 5.74) is 2.04. The predicted molar refractivity (Wildman–Crippen MR) is 153 cm³/mol. The average molecular weight is 592 g/mol. The van der Waals surface area contributed by atoms with Crippen LogP contribution < -0.4 is 10.2 Å². The highest BCUT2D eigenvalue weighted by Gasteiger charge is 2.43. The number of nitrogens with zero attached hydrogens (tertiary/aromatic N) is 4. The predicted octanol–water partition coefficient (Wildman–Crippen LogP) is 5.80. The molecule has 2 bridgehead atoms. The molecule has 12 heteroatoms. The Balaban J connectivity index is 1.25. The van der Waals surface area contributed by atoms with Crippen LogP contribution in [-0.2, 0) is 23.9 Å². The highest BCUT2D eigenvalue weighted by atomic mass is 32.2. The minimum Gasteiger partial charge on any atom is -0.396 e. The maximum Gasteiger partial charge on any atom is 0.420 e. The second-order valence-electron chi connectivity index (χ2n) is 10.3. The SMILES string of the molecule is CCc1cc(N2CC3CC2CN3CCCO)ccc1Nc1ncc(C(F)(F)F)c(-c2cc3c(s2)COCCS3)n1. The fraction of sp³-hybridized carbons (Fsp3) is 0.500. The third-order valence-corrected chi connectivity index (χ3v) is 10.1. The van der Waals surface area contributed by atoms with Gasteiger partial charge >= 0.3 is 6.18 Å². The second kappa shape index (κ2) is 11.5. The first-order valence-electron chi connectivity index (χ1n) is 13.6. The summed E-state index contributed by atoms with van der Waals surface area (Å²) in [6.07, 6.45) is -1.00. The molecule has 2 atom stereocenters. The molecule has 0 aliphatic carbocycles. The standard InChI is InChI=1S/C28H32F3N5O2S2/c1-2-17-10-18(36-15-19-11-20(36)14-35(19)6-3-7-37)4-5-22(17)33-27-32-13-21(28(29,30)31)26(34-27)24-12-23-25(40-24)16-38-8-9-39-23/h4-5,10,12-13,19-20,37H,2-3,6-9,11,14-16H2,1H3,(H,32,33,34). The van der Waals surface area contributed by atoms with Gasteiger partial charge in [0, 0.05) is 71.4 Å². The molecule has 0 spiro atoms. The summed E-state index contributed by atoms with van der Waals surface area (Å²) in [6.45, 7) is 6.21. The number of hydrogen-bond acceptors (Lipinski definition) is 9. The van der Waals surface area contributed by atoms with Crippen molar-refractivity contribution in [3.05, 3.63) is 46.5 Å². The van der Waals surface area contributed by atoms with Crippen LogP contribution in [0.25, 0.3) is 10.6 Å². The van der Waals surface area contributed by atoms with Gasteiger partial charge in [-0.15, -0.1) is 23.1 Å². The number of fused-ring (bicyclic) bond motifs is 3. The van der Waals surface area contributed by atoms with E-state index in [1.165, 1.54) is 11.3 Å². The van der Waals surface area contributed by atoms with E-state index in [0.29, 0.717) is 30.2 Å². The number of anilines is 3. The van der Waals surface area contributed by atoms with Crippen LogP contribution in [0.5, 0.6) is 0 Å². The van der Waals surface area contributed by atoms with Gasteiger partial charge in [0.1, 0.15) is 5.56 Å². The Morgan fingerprint density at radius 1 is 1.20 bits per heavy atom. The molecule has 40 heavy (non-hydrogen) atoms. The number of halogens is 3. The molecule has 2 saturated heterocycles. The van der Waals surface area contributed by atoms with E-state index in [-0.39, 0.29) is 18.2 Å². The van der Waals surface area contributed by atoms with Crippen molar-refractivity contribution in [2.45, 2.75) is 55.9 Å². The van der Waals surface area contributed by atoms with Crippen LogP contribution in [0, 0.1) is 0 Å². The van der Waals surface area contributed by atoms with Crippen molar-refractivity contribution in [2.75, 3.05) is 48.8 Å². The fourth-order valence-corrected chi connectivity index (χ4v) is 8.09. The Labute approximate surface area is 239 Å². The smallest absolute Gasteiger partial charge is 0.396 e. The zero-order chi connectivity index (χ0) is 27.9. The number of nitrogens with one attached hydrogen (secondary N) is 1. The monoisotopic (exact) mass is 591 g/mol. The topological polar surface area (TPSA) is 73.8 Å². The number of piperazine rings is 1. The molecular formula is C28H32F3N5O2S2. The molecule has 2 unspecified atom stereocenters. The highest BCUT2D eigenvalue weighted by molar-refractivity contribution is 7.99. The molecule has 2 fully saturated rings. The van der Waals surface area contributed by atoms with E-state index < -0.39 is 11.7 Å². The van der Waals surface area contributed by atoms with Gasteiger partial charge in [-0.3, -0.25) is 4.90 Å².